The third-order valence-corrected chi connectivity index (χ3v) is 7.64. The molecular formula is C33H54N4O11. The van der Waals surface area contributed by atoms with Crippen molar-refractivity contribution < 1.29 is 52.4 Å². The normalized spacial score (nSPS) is 20.5. The van der Waals surface area contributed by atoms with Crippen LogP contribution in [0.3, 0.4) is 0 Å². The number of hydrogen-bond acceptors (Lipinski definition) is 13. The Morgan fingerprint density at radius 2 is 1.29 bits per heavy atom. The summed E-state index contributed by atoms with van der Waals surface area (Å²) in [6.45, 7) is 7.11. The van der Waals surface area contributed by atoms with E-state index in [2.05, 4.69) is 22.6 Å². The Kier molecular flexibility index (Phi) is 19.3. The molecule has 48 heavy (non-hydrogen) atoms. The van der Waals surface area contributed by atoms with E-state index in [1.165, 1.54) is 75.6 Å². The largest absolute Gasteiger partial charge is 0.463 e. The van der Waals surface area contributed by atoms with Crippen molar-refractivity contribution >= 4 is 29.8 Å². The van der Waals surface area contributed by atoms with E-state index in [4.69, 9.17) is 28.4 Å². The highest BCUT2D eigenvalue weighted by molar-refractivity contribution is 5.91. The maximum Gasteiger partial charge on any atom is 0.303 e. The highest BCUT2D eigenvalue weighted by atomic mass is 16.7. The molecule has 0 bridgehead atoms. The van der Waals surface area contributed by atoms with Gasteiger partial charge in [-0.1, -0.05) is 82.8 Å². The van der Waals surface area contributed by atoms with E-state index in [0.717, 1.165) is 40.0 Å². The molecule has 1 fully saturated rings. The Bertz CT molecular complexity index is 1140. The Hall–Kier alpha value is -3.59. The van der Waals surface area contributed by atoms with Gasteiger partial charge >= 0.3 is 23.9 Å². The van der Waals surface area contributed by atoms with Gasteiger partial charge < -0.3 is 33.7 Å². The Morgan fingerprint density at radius 1 is 0.750 bits per heavy atom. The van der Waals surface area contributed by atoms with Crippen molar-refractivity contribution in [3.05, 3.63) is 11.9 Å². The SMILES string of the molecule is CCCCCCCCCCCCCCNC(=O)c1cn(CCO[C@@H]2O[C@H](COC(C)=O)[C@H](OC(C)=O)[C@H](OC(C)=O)[C@H]2OC(C)=O)nn1. The molecule has 1 aliphatic heterocycles. The summed E-state index contributed by atoms with van der Waals surface area (Å²) in [6, 6.07) is 0. The number of rotatable bonds is 23. The zero-order chi connectivity index (χ0) is 35.3. The molecule has 1 N–H and O–H groups in total. The standard InChI is InChI=1S/C33H54N4O11/c1-6-7-8-9-10-11-12-13-14-15-16-17-18-34-32(42)27-21-37(36-35-27)19-20-43-33-31(47-26(5)41)30(46-25(4)40)29(45-24(3)39)28(48-33)22-44-23(2)38/h21,28-31,33H,6-20,22H2,1-5H3,(H,34,42)/t28-,29+,30+,31-,33-/m1/s1. The lowest BCUT2D eigenvalue weighted by Crippen LogP contribution is -2.63. The smallest absolute Gasteiger partial charge is 0.303 e. The lowest BCUT2D eigenvalue weighted by atomic mass is 9.98. The van der Waals surface area contributed by atoms with Crippen LogP contribution in [0.1, 0.15) is 122 Å². The average molecular weight is 683 g/mol. The summed E-state index contributed by atoms with van der Waals surface area (Å²) in [5.41, 5.74) is 0.154. The third kappa shape index (κ3) is 16.0. The highest BCUT2D eigenvalue weighted by Crippen LogP contribution is 2.30. The molecule has 0 aromatic carbocycles. The van der Waals surface area contributed by atoms with Crippen molar-refractivity contribution in [3.8, 4) is 0 Å². The van der Waals surface area contributed by atoms with Gasteiger partial charge in [-0.2, -0.15) is 0 Å². The Balaban J connectivity index is 1.85. The average Bonchev–Trinajstić information content (AvgIpc) is 3.49. The monoisotopic (exact) mass is 682 g/mol. The first-order valence-corrected chi connectivity index (χ1v) is 17.1. The van der Waals surface area contributed by atoms with Crippen LogP contribution < -0.4 is 5.32 Å². The number of carbonyl (C=O) groups excluding carboxylic acids is 5. The minimum atomic E-state index is -1.33. The zero-order valence-electron chi connectivity index (χ0n) is 29.1. The maximum atomic E-state index is 12.6. The molecule has 1 saturated heterocycles. The van der Waals surface area contributed by atoms with E-state index < -0.39 is 54.6 Å². The molecule has 0 unspecified atom stereocenters. The van der Waals surface area contributed by atoms with E-state index in [-0.39, 0.29) is 31.4 Å². The summed E-state index contributed by atoms with van der Waals surface area (Å²) in [4.78, 5) is 59.9. The first-order chi connectivity index (χ1) is 23.0. The molecule has 2 rings (SSSR count). The number of ether oxygens (including phenoxy) is 6. The quantitative estimate of drug-likeness (QED) is 0.1000. The van der Waals surface area contributed by atoms with Crippen molar-refractivity contribution in [3.63, 3.8) is 0 Å². The van der Waals surface area contributed by atoms with Crippen LogP contribution in [-0.2, 0) is 54.1 Å². The molecule has 5 atom stereocenters. The van der Waals surface area contributed by atoms with Crippen LogP contribution in [0.15, 0.2) is 6.20 Å². The summed E-state index contributed by atoms with van der Waals surface area (Å²) in [7, 11) is 0. The molecule has 1 amide bonds. The van der Waals surface area contributed by atoms with Crippen molar-refractivity contribution in [1.29, 1.82) is 0 Å². The molecule has 2 heterocycles. The fraction of sp³-hybridized carbons (Fsp3) is 0.788. The van der Waals surface area contributed by atoms with Gasteiger partial charge in [-0.15, -0.1) is 5.10 Å². The predicted molar refractivity (Wildman–Crippen MR) is 171 cm³/mol. The number of aromatic nitrogens is 3. The number of esters is 4. The van der Waals surface area contributed by atoms with Gasteiger partial charge in [-0.05, 0) is 6.42 Å². The summed E-state index contributed by atoms with van der Waals surface area (Å²) >= 11 is 0. The maximum absolute atomic E-state index is 12.6. The summed E-state index contributed by atoms with van der Waals surface area (Å²) < 4.78 is 34.4. The minimum Gasteiger partial charge on any atom is -0.463 e. The van der Waals surface area contributed by atoms with Crippen LogP contribution in [-0.4, -0.2) is 95.2 Å². The van der Waals surface area contributed by atoms with E-state index in [1.807, 2.05) is 0 Å². The number of nitrogens with zero attached hydrogens (tertiary/aromatic N) is 3. The number of carbonyl (C=O) groups is 5. The molecule has 0 saturated carbocycles. The molecule has 0 aliphatic carbocycles. The summed E-state index contributed by atoms with van der Waals surface area (Å²) in [5.74, 6) is -3.15. The Morgan fingerprint density at radius 3 is 1.85 bits per heavy atom. The van der Waals surface area contributed by atoms with Gasteiger partial charge in [0.2, 0.25) is 0 Å². The van der Waals surface area contributed by atoms with Crippen LogP contribution >= 0.6 is 0 Å². The molecule has 272 valence electrons. The highest BCUT2D eigenvalue weighted by Gasteiger charge is 2.52. The van der Waals surface area contributed by atoms with Crippen LogP contribution in [0, 0.1) is 0 Å². The van der Waals surface area contributed by atoms with E-state index in [9.17, 15) is 24.0 Å². The van der Waals surface area contributed by atoms with Crippen LogP contribution in [0.5, 0.6) is 0 Å². The van der Waals surface area contributed by atoms with Crippen molar-refractivity contribution in [2.75, 3.05) is 19.8 Å². The van der Waals surface area contributed by atoms with Crippen molar-refractivity contribution in [2.24, 2.45) is 0 Å². The van der Waals surface area contributed by atoms with Gasteiger partial charge in [0.15, 0.2) is 30.3 Å². The van der Waals surface area contributed by atoms with Crippen LogP contribution in [0.25, 0.3) is 0 Å². The second-order valence-electron chi connectivity index (χ2n) is 12.0. The topological polar surface area (TPSA) is 183 Å². The minimum absolute atomic E-state index is 0.0585. The van der Waals surface area contributed by atoms with E-state index in [0.29, 0.717) is 6.54 Å². The predicted octanol–water partition coefficient (Wildman–Crippen LogP) is 3.81. The van der Waals surface area contributed by atoms with Gasteiger partial charge in [-0.3, -0.25) is 24.0 Å². The third-order valence-electron chi connectivity index (χ3n) is 7.64. The molecule has 1 aromatic rings. The van der Waals surface area contributed by atoms with Gasteiger partial charge in [0.1, 0.15) is 12.7 Å². The van der Waals surface area contributed by atoms with Crippen molar-refractivity contribution in [2.45, 2.75) is 149 Å². The lowest BCUT2D eigenvalue weighted by Gasteiger charge is -2.44. The number of amides is 1. The first kappa shape index (κ1) is 40.6. The fourth-order valence-electron chi connectivity index (χ4n) is 5.36. The second kappa shape index (κ2) is 22.9. The van der Waals surface area contributed by atoms with E-state index >= 15 is 0 Å². The lowest BCUT2D eigenvalue weighted by molar-refractivity contribution is -0.308. The van der Waals surface area contributed by atoms with Crippen LogP contribution in [0.2, 0.25) is 0 Å². The summed E-state index contributed by atoms with van der Waals surface area (Å²) in [5, 5.41) is 10.8. The van der Waals surface area contributed by atoms with Gasteiger partial charge in [0.05, 0.1) is 19.3 Å². The molecule has 0 spiro atoms. The Labute approximate surface area is 283 Å². The number of nitrogens with one attached hydrogen (secondary N) is 1. The zero-order valence-corrected chi connectivity index (χ0v) is 29.1. The molecule has 1 aromatic heterocycles. The molecular weight excluding hydrogens is 628 g/mol. The van der Waals surface area contributed by atoms with Gasteiger partial charge in [0.25, 0.3) is 5.91 Å². The number of hydrogen-bond donors (Lipinski definition) is 1. The van der Waals surface area contributed by atoms with Gasteiger partial charge in [0, 0.05) is 34.2 Å². The van der Waals surface area contributed by atoms with E-state index in [1.54, 1.807) is 0 Å². The second-order valence-corrected chi connectivity index (χ2v) is 12.0. The fourth-order valence-corrected chi connectivity index (χ4v) is 5.36. The molecule has 15 nitrogen and oxygen atoms in total. The first-order valence-electron chi connectivity index (χ1n) is 17.1. The molecule has 1 aliphatic rings. The van der Waals surface area contributed by atoms with Crippen LogP contribution in [0.4, 0.5) is 0 Å². The van der Waals surface area contributed by atoms with Crippen molar-refractivity contribution in [1.82, 2.24) is 20.3 Å². The number of unbranched alkanes of at least 4 members (excludes halogenated alkanes) is 11. The molecule has 15 heteroatoms. The van der Waals surface area contributed by atoms with Gasteiger partial charge in [-0.25, -0.2) is 4.68 Å². The summed E-state index contributed by atoms with van der Waals surface area (Å²) in [6.07, 6.45) is 9.97. The molecule has 0 radical (unpaired) electrons.